The van der Waals surface area contributed by atoms with Crippen LogP contribution in [0.25, 0.3) is 0 Å². The van der Waals surface area contributed by atoms with Gasteiger partial charge in [-0.3, -0.25) is 0 Å². The third-order valence-corrected chi connectivity index (χ3v) is 6.70. The fraction of sp³-hybridized carbons (Fsp3) is 0.538. The number of rotatable bonds is 5. The highest BCUT2D eigenvalue weighted by Gasteiger charge is 2.27. The number of hydrogen-bond donors (Lipinski definition) is 1. The summed E-state index contributed by atoms with van der Waals surface area (Å²) in [5.74, 6) is 0. The van der Waals surface area contributed by atoms with Gasteiger partial charge in [0, 0.05) is 24.1 Å². The van der Waals surface area contributed by atoms with E-state index in [0.717, 1.165) is 17.5 Å². The summed E-state index contributed by atoms with van der Waals surface area (Å²) in [5, 5.41) is 0. The average molecular weight is 349 g/mol. The second kappa shape index (κ2) is 6.35. The molecule has 0 amide bonds. The van der Waals surface area contributed by atoms with Crippen LogP contribution in [0.4, 0.5) is 0 Å². The Hall–Kier alpha value is -0.430. The van der Waals surface area contributed by atoms with Crippen molar-refractivity contribution in [3.05, 3.63) is 27.7 Å². The fourth-order valence-electron chi connectivity index (χ4n) is 1.76. The highest BCUT2D eigenvalue weighted by molar-refractivity contribution is 9.10. The number of nitrogens with two attached hydrogens (primary N) is 1. The van der Waals surface area contributed by atoms with E-state index in [4.69, 9.17) is 5.73 Å². The summed E-state index contributed by atoms with van der Waals surface area (Å²) in [4.78, 5) is 0.288. The molecule has 2 N–H and O–H groups in total. The number of hydrogen-bond acceptors (Lipinski definition) is 3. The zero-order valence-corrected chi connectivity index (χ0v) is 14.2. The van der Waals surface area contributed by atoms with Crippen LogP contribution in [-0.4, -0.2) is 25.8 Å². The first-order chi connectivity index (χ1) is 8.75. The number of benzene rings is 1. The largest absolute Gasteiger partial charge is 0.326 e. The first-order valence-corrected chi connectivity index (χ1v) is 8.46. The van der Waals surface area contributed by atoms with E-state index in [1.807, 2.05) is 26.8 Å². The van der Waals surface area contributed by atoms with Gasteiger partial charge in [0.05, 0.1) is 4.90 Å². The minimum absolute atomic E-state index is 0.0428. The van der Waals surface area contributed by atoms with Crippen LogP contribution in [0, 0.1) is 6.92 Å². The van der Waals surface area contributed by atoms with Gasteiger partial charge in [0.1, 0.15) is 0 Å². The van der Waals surface area contributed by atoms with Gasteiger partial charge in [0.2, 0.25) is 10.0 Å². The van der Waals surface area contributed by atoms with Gasteiger partial charge < -0.3 is 5.73 Å². The molecule has 0 aromatic heterocycles. The molecule has 0 heterocycles. The maximum absolute atomic E-state index is 12.6. The van der Waals surface area contributed by atoms with Crippen LogP contribution in [-0.2, 0) is 16.6 Å². The Kier molecular flexibility index (Phi) is 5.55. The Bertz CT molecular complexity index is 558. The monoisotopic (exact) mass is 348 g/mol. The van der Waals surface area contributed by atoms with Gasteiger partial charge in [0.25, 0.3) is 0 Å². The van der Waals surface area contributed by atoms with Gasteiger partial charge in [-0.05, 0) is 53.4 Å². The second-order valence-electron chi connectivity index (χ2n) is 4.71. The van der Waals surface area contributed by atoms with Crippen LogP contribution in [0.15, 0.2) is 21.5 Å². The van der Waals surface area contributed by atoms with Crippen molar-refractivity contribution >= 4 is 26.0 Å². The highest BCUT2D eigenvalue weighted by atomic mass is 79.9. The van der Waals surface area contributed by atoms with Crippen LogP contribution in [0.3, 0.4) is 0 Å². The van der Waals surface area contributed by atoms with E-state index in [9.17, 15) is 8.42 Å². The summed E-state index contributed by atoms with van der Waals surface area (Å²) in [6.45, 7) is 6.05. The van der Waals surface area contributed by atoms with Crippen LogP contribution < -0.4 is 5.73 Å². The molecule has 1 atom stereocenters. The predicted molar refractivity (Wildman–Crippen MR) is 81.5 cm³/mol. The summed E-state index contributed by atoms with van der Waals surface area (Å²) in [6, 6.07) is 3.50. The summed E-state index contributed by atoms with van der Waals surface area (Å²) >= 11 is 3.37. The van der Waals surface area contributed by atoms with E-state index in [1.165, 1.54) is 4.31 Å². The Morgan fingerprint density at radius 1 is 1.42 bits per heavy atom. The lowest BCUT2D eigenvalue weighted by atomic mass is 10.1. The van der Waals surface area contributed by atoms with Crippen molar-refractivity contribution in [1.29, 1.82) is 0 Å². The Balaban J connectivity index is 3.40. The van der Waals surface area contributed by atoms with E-state index in [0.29, 0.717) is 11.0 Å². The van der Waals surface area contributed by atoms with Crippen LogP contribution in [0.2, 0.25) is 0 Å². The fourth-order valence-corrected chi connectivity index (χ4v) is 4.23. The molecule has 0 bridgehead atoms. The van der Waals surface area contributed by atoms with E-state index >= 15 is 0 Å². The number of halogens is 1. The lowest BCUT2D eigenvalue weighted by Crippen LogP contribution is -2.35. The smallest absolute Gasteiger partial charge is 0.244 e. The minimum Gasteiger partial charge on any atom is -0.326 e. The summed E-state index contributed by atoms with van der Waals surface area (Å²) in [7, 11) is -1.89. The molecular weight excluding hydrogens is 328 g/mol. The zero-order valence-electron chi connectivity index (χ0n) is 11.8. The molecule has 0 fully saturated rings. The van der Waals surface area contributed by atoms with E-state index in [-0.39, 0.29) is 10.9 Å². The summed E-state index contributed by atoms with van der Waals surface area (Å²) in [5.41, 5.74) is 7.31. The van der Waals surface area contributed by atoms with Crippen molar-refractivity contribution in [2.24, 2.45) is 5.73 Å². The Labute approximate surface area is 124 Å². The lowest BCUT2D eigenvalue weighted by molar-refractivity contribution is 0.380. The van der Waals surface area contributed by atoms with Crippen molar-refractivity contribution in [1.82, 2.24) is 4.31 Å². The Morgan fingerprint density at radius 2 is 2.00 bits per heavy atom. The topological polar surface area (TPSA) is 63.4 Å². The van der Waals surface area contributed by atoms with Gasteiger partial charge in [-0.15, -0.1) is 0 Å². The van der Waals surface area contributed by atoms with Gasteiger partial charge in [0.15, 0.2) is 0 Å². The second-order valence-corrected chi connectivity index (χ2v) is 7.47. The third kappa shape index (κ3) is 3.37. The minimum atomic E-state index is -3.51. The van der Waals surface area contributed by atoms with Gasteiger partial charge in [-0.1, -0.05) is 13.0 Å². The lowest BCUT2D eigenvalue weighted by Gasteiger charge is -2.24. The molecule has 0 aliphatic rings. The molecule has 19 heavy (non-hydrogen) atoms. The van der Waals surface area contributed by atoms with Crippen LogP contribution in [0.1, 0.15) is 31.4 Å². The molecule has 0 aliphatic carbocycles. The highest BCUT2D eigenvalue weighted by Crippen LogP contribution is 2.30. The van der Waals surface area contributed by atoms with Crippen molar-refractivity contribution in [3.63, 3.8) is 0 Å². The van der Waals surface area contributed by atoms with Gasteiger partial charge in [-0.2, -0.15) is 4.31 Å². The molecule has 108 valence electrons. The van der Waals surface area contributed by atoms with E-state index in [1.54, 1.807) is 13.1 Å². The quantitative estimate of drug-likeness (QED) is 0.889. The number of nitrogens with zero attached hydrogens (tertiary/aromatic N) is 1. The molecule has 0 spiro atoms. The third-order valence-electron chi connectivity index (χ3n) is 3.39. The molecule has 6 heteroatoms. The first-order valence-electron chi connectivity index (χ1n) is 6.22. The van der Waals surface area contributed by atoms with Crippen molar-refractivity contribution in [2.45, 2.75) is 44.7 Å². The van der Waals surface area contributed by atoms with Gasteiger partial charge >= 0.3 is 0 Å². The first kappa shape index (κ1) is 16.6. The molecule has 1 rings (SSSR count). The van der Waals surface area contributed by atoms with Crippen molar-refractivity contribution in [2.75, 3.05) is 7.05 Å². The van der Waals surface area contributed by atoms with E-state index < -0.39 is 10.0 Å². The SMILES string of the molecule is CCC(C)N(C)S(=O)(=O)c1cc(CN)cc(C)c1Br. The number of aryl methyl sites for hydroxylation is 1. The van der Waals surface area contributed by atoms with Crippen molar-refractivity contribution < 1.29 is 8.42 Å². The van der Waals surface area contributed by atoms with Crippen molar-refractivity contribution in [3.8, 4) is 0 Å². The maximum Gasteiger partial charge on any atom is 0.244 e. The average Bonchev–Trinajstić information content (AvgIpc) is 2.39. The molecule has 1 unspecified atom stereocenters. The molecular formula is C13H21BrN2O2S. The Morgan fingerprint density at radius 3 is 2.47 bits per heavy atom. The van der Waals surface area contributed by atoms with E-state index in [2.05, 4.69) is 15.9 Å². The summed E-state index contributed by atoms with van der Waals surface area (Å²) in [6.07, 6.45) is 0.767. The molecule has 0 saturated heterocycles. The molecule has 0 aliphatic heterocycles. The molecule has 1 aromatic rings. The molecule has 0 radical (unpaired) electrons. The molecule has 4 nitrogen and oxygen atoms in total. The molecule has 1 aromatic carbocycles. The maximum atomic E-state index is 12.6. The standard InChI is InChI=1S/C13H21BrN2O2S/c1-5-10(3)16(4)19(17,18)12-7-11(8-15)6-9(2)13(12)14/h6-7,10H,5,8,15H2,1-4H3. The van der Waals surface area contributed by atoms with Crippen LogP contribution in [0.5, 0.6) is 0 Å². The summed E-state index contributed by atoms with van der Waals surface area (Å²) < 4.78 is 27.3. The predicted octanol–water partition coefficient (Wildman–Crippen LogP) is 2.64. The zero-order chi connectivity index (χ0) is 14.8. The number of sulfonamides is 1. The van der Waals surface area contributed by atoms with Crippen LogP contribution >= 0.6 is 15.9 Å². The van der Waals surface area contributed by atoms with Gasteiger partial charge in [-0.25, -0.2) is 8.42 Å². The molecule has 0 saturated carbocycles. The normalized spacial score (nSPS) is 13.8.